The molecule has 2 aliphatic rings. The molecular weight excluding hydrogens is 244 g/mol. The average Bonchev–Trinajstić information content (AvgIpc) is 2.96. The first-order chi connectivity index (χ1) is 8.96. The molecule has 0 aromatic heterocycles. The van der Waals surface area contributed by atoms with Crippen LogP contribution in [0.3, 0.4) is 0 Å². The van der Waals surface area contributed by atoms with Crippen molar-refractivity contribution >= 4 is 11.9 Å². The van der Waals surface area contributed by atoms with E-state index < -0.39 is 11.4 Å². The van der Waals surface area contributed by atoms with Crippen molar-refractivity contribution in [3.63, 3.8) is 0 Å². The molecule has 0 spiro atoms. The molecule has 1 amide bonds. The Morgan fingerprint density at radius 2 is 1.58 bits per heavy atom. The minimum Gasteiger partial charge on any atom is -0.481 e. The first kappa shape index (κ1) is 14.3. The van der Waals surface area contributed by atoms with Crippen molar-refractivity contribution < 1.29 is 14.7 Å². The number of nitrogens with one attached hydrogen (secondary N) is 1. The highest BCUT2D eigenvalue weighted by Crippen LogP contribution is 2.38. The summed E-state index contributed by atoms with van der Waals surface area (Å²) in [5, 5.41) is 12.1. The fourth-order valence-electron chi connectivity index (χ4n) is 3.42. The maximum absolute atomic E-state index is 11.9. The van der Waals surface area contributed by atoms with Gasteiger partial charge in [0.15, 0.2) is 0 Å². The summed E-state index contributed by atoms with van der Waals surface area (Å²) in [5.41, 5.74) is 5.05. The van der Waals surface area contributed by atoms with Gasteiger partial charge in [-0.1, -0.05) is 25.7 Å². The molecule has 108 valence electrons. The molecule has 0 aliphatic heterocycles. The van der Waals surface area contributed by atoms with Crippen molar-refractivity contribution in [2.75, 3.05) is 6.54 Å². The quantitative estimate of drug-likeness (QED) is 0.703. The van der Waals surface area contributed by atoms with Crippen molar-refractivity contribution in [3.05, 3.63) is 0 Å². The number of amides is 1. The monoisotopic (exact) mass is 268 g/mol. The van der Waals surface area contributed by atoms with E-state index in [4.69, 9.17) is 5.73 Å². The largest absolute Gasteiger partial charge is 0.481 e. The Morgan fingerprint density at radius 3 is 2.11 bits per heavy atom. The minimum atomic E-state index is -0.784. The van der Waals surface area contributed by atoms with Crippen LogP contribution in [0.4, 0.5) is 0 Å². The molecule has 0 bridgehead atoms. The van der Waals surface area contributed by atoms with Crippen LogP contribution in [0.5, 0.6) is 0 Å². The van der Waals surface area contributed by atoms with Crippen LogP contribution in [-0.4, -0.2) is 29.1 Å². The standard InChI is InChI=1S/C14H24N2O3/c15-14(7-3-4-8-14)9-11(17)16-10-13(12(18)19)5-1-2-6-13/h1-10,15H2,(H,16,17)(H,18,19). The molecule has 0 saturated heterocycles. The molecule has 4 N–H and O–H groups in total. The molecule has 2 aliphatic carbocycles. The zero-order valence-corrected chi connectivity index (χ0v) is 11.4. The topological polar surface area (TPSA) is 92.4 Å². The predicted octanol–water partition coefficient (Wildman–Crippen LogP) is 1.41. The summed E-state index contributed by atoms with van der Waals surface area (Å²) in [5.74, 6) is -0.884. The van der Waals surface area contributed by atoms with Crippen LogP contribution in [0.25, 0.3) is 0 Å². The fourth-order valence-corrected chi connectivity index (χ4v) is 3.42. The lowest BCUT2D eigenvalue weighted by atomic mass is 9.86. The van der Waals surface area contributed by atoms with Crippen LogP contribution in [0, 0.1) is 5.41 Å². The second kappa shape index (κ2) is 5.49. The van der Waals surface area contributed by atoms with Gasteiger partial charge in [-0.2, -0.15) is 0 Å². The van der Waals surface area contributed by atoms with Crippen molar-refractivity contribution in [2.24, 2.45) is 11.1 Å². The van der Waals surface area contributed by atoms with E-state index in [1.165, 1.54) is 0 Å². The van der Waals surface area contributed by atoms with Gasteiger partial charge in [-0.3, -0.25) is 9.59 Å². The number of carboxylic acids is 1. The van der Waals surface area contributed by atoms with Gasteiger partial charge in [-0.25, -0.2) is 0 Å². The van der Waals surface area contributed by atoms with Crippen LogP contribution < -0.4 is 11.1 Å². The molecular formula is C14H24N2O3. The second-order valence-electron chi connectivity index (χ2n) is 6.32. The maximum Gasteiger partial charge on any atom is 0.311 e. The molecule has 0 aromatic carbocycles. The Morgan fingerprint density at radius 1 is 1.05 bits per heavy atom. The van der Waals surface area contributed by atoms with E-state index in [9.17, 15) is 14.7 Å². The number of hydrogen-bond donors (Lipinski definition) is 3. The third kappa shape index (κ3) is 3.26. The van der Waals surface area contributed by atoms with Gasteiger partial charge < -0.3 is 16.2 Å². The van der Waals surface area contributed by atoms with E-state index in [2.05, 4.69) is 5.32 Å². The summed E-state index contributed by atoms with van der Waals surface area (Å²) >= 11 is 0. The Labute approximate surface area is 113 Å². The molecule has 19 heavy (non-hydrogen) atoms. The van der Waals surface area contributed by atoms with Gasteiger partial charge in [0.2, 0.25) is 5.91 Å². The van der Waals surface area contributed by atoms with Gasteiger partial charge in [0.05, 0.1) is 5.41 Å². The molecule has 0 aromatic rings. The highest BCUT2D eigenvalue weighted by molar-refractivity contribution is 5.80. The fraction of sp³-hybridized carbons (Fsp3) is 0.857. The van der Waals surface area contributed by atoms with Crippen LogP contribution in [0.2, 0.25) is 0 Å². The van der Waals surface area contributed by atoms with Gasteiger partial charge in [0.1, 0.15) is 0 Å². The maximum atomic E-state index is 11.9. The summed E-state index contributed by atoms with van der Waals surface area (Å²) in [6, 6.07) is 0. The Kier molecular flexibility index (Phi) is 4.13. The summed E-state index contributed by atoms with van der Waals surface area (Å²) in [6.07, 6.45) is 7.47. The number of carboxylic acid groups (broad SMARTS) is 1. The SMILES string of the molecule is NC1(CC(=O)NCC2(C(=O)O)CCCC2)CCCC1. The predicted molar refractivity (Wildman–Crippen MR) is 71.5 cm³/mol. The molecule has 2 saturated carbocycles. The number of nitrogens with two attached hydrogens (primary N) is 1. The van der Waals surface area contributed by atoms with Crippen molar-refractivity contribution in [1.29, 1.82) is 0 Å². The third-order valence-electron chi connectivity index (χ3n) is 4.75. The summed E-state index contributed by atoms with van der Waals surface area (Å²) < 4.78 is 0. The summed E-state index contributed by atoms with van der Waals surface area (Å²) in [6.45, 7) is 0.247. The Bertz CT molecular complexity index is 356. The van der Waals surface area contributed by atoms with Crippen LogP contribution >= 0.6 is 0 Å². The third-order valence-corrected chi connectivity index (χ3v) is 4.75. The van der Waals surface area contributed by atoms with Crippen LogP contribution in [0.1, 0.15) is 57.8 Å². The number of carbonyl (C=O) groups is 2. The van der Waals surface area contributed by atoms with Crippen molar-refractivity contribution in [1.82, 2.24) is 5.32 Å². The number of hydrogen-bond acceptors (Lipinski definition) is 3. The first-order valence-electron chi connectivity index (χ1n) is 7.25. The Balaban J connectivity index is 1.84. The number of rotatable bonds is 5. The summed E-state index contributed by atoms with van der Waals surface area (Å²) in [7, 11) is 0. The number of carbonyl (C=O) groups excluding carboxylic acids is 1. The lowest BCUT2D eigenvalue weighted by molar-refractivity contribution is -0.148. The highest BCUT2D eigenvalue weighted by Gasteiger charge is 2.41. The van der Waals surface area contributed by atoms with E-state index in [0.29, 0.717) is 19.3 Å². The normalized spacial score (nSPS) is 24.3. The molecule has 0 radical (unpaired) electrons. The van der Waals surface area contributed by atoms with Gasteiger partial charge >= 0.3 is 5.97 Å². The second-order valence-corrected chi connectivity index (χ2v) is 6.32. The van der Waals surface area contributed by atoms with E-state index in [1.807, 2.05) is 0 Å². The smallest absolute Gasteiger partial charge is 0.311 e. The number of aliphatic carboxylic acids is 1. The van der Waals surface area contributed by atoms with Gasteiger partial charge in [-0.05, 0) is 25.7 Å². The van der Waals surface area contributed by atoms with E-state index in [-0.39, 0.29) is 18.0 Å². The molecule has 2 rings (SSSR count). The van der Waals surface area contributed by atoms with Crippen LogP contribution in [0.15, 0.2) is 0 Å². The molecule has 0 unspecified atom stereocenters. The minimum absolute atomic E-state index is 0.100. The average molecular weight is 268 g/mol. The van der Waals surface area contributed by atoms with Gasteiger partial charge in [0.25, 0.3) is 0 Å². The van der Waals surface area contributed by atoms with E-state index in [1.54, 1.807) is 0 Å². The zero-order valence-electron chi connectivity index (χ0n) is 11.4. The Hall–Kier alpha value is -1.10. The van der Waals surface area contributed by atoms with Crippen molar-refractivity contribution in [3.8, 4) is 0 Å². The van der Waals surface area contributed by atoms with Crippen LogP contribution in [-0.2, 0) is 9.59 Å². The lowest BCUT2D eigenvalue weighted by Gasteiger charge is -2.26. The first-order valence-corrected chi connectivity index (χ1v) is 7.25. The molecule has 5 nitrogen and oxygen atoms in total. The zero-order chi connectivity index (χ0) is 13.9. The van der Waals surface area contributed by atoms with Gasteiger partial charge in [-0.15, -0.1) is 0 Å². The lowest BCUT2D eigenvalue weighted by Crippen LogP contribution is -2.46. The van der Waals surface area contributed by atoms with Crippen molar-refractivity contribution in [2.45, 2.75) is 63.3 Å². The van der Waals surface area contributed by atoms with E-state index in [0.717, 1.165) is 38.5 Å². The van der Waals surface area contributed by atoms with E-state index >= 15 is 0 Å². The summed E-state index contributed by atoms with van der Waals surface area (Å²) in [4.78, 5) is 23.3. The highest BCUT2D eigenvalue weighted by atomic mass is 16.4. The molecule has 5 heteroatoms. The molecule has 2 fully saturated rings. The molecule has 0 heterocycles. The molecule has 0 atom stereocenters. The van der Waals surface area contributed by atoms with Gasteiger partial charge in [0, 0.05) is 18.5 Å².